The van der Waals surface area contributed by atoms with E-state index < -0.39 is 35.7 Å². The number of nitrogens with one attached hydrogen (secondary N) is 2. The lowest BCUT2D eigenvalue weighted by Crippen LogP contribution is -2.17. The largest absolute Gasteiger partial charge is 0.465 e. The van der Waals surface area contributed by atoms with Gasteiger partial charge in [0.15, 0.2) is 0 Å². The number of anilines is 2. The van der Waals surface area contributed by atoms with E-state index in [0.29, 0.717) is 0 Å². The number of esters is 4. The zero-order valence-electron chi connectivity index (χ0n) is 21.9. The lowest BCUT2D eigenvalue weighted by atomic mass is 10.1. The number of carbonyl (C=O) groups is 6. The van der Waals surface area contributed by atoms with Crippen LogP contribution >= 0.6 is 0 Å². The number of hydrogen-bond donors (Lipinski definition) is 2. The number of benzene rings is 3. The van der Waals surface area contributed by atoms with Crippen LogP contribution in [0.4, 0.5) is 11.4 Å². The minimum absolute atomic E-state index is 0.0265. The second-order valence-electron chi connectivity index (χ2n) is 7.97. The molecule has 206 valence electrons. The molecule has 0 heterocycles. The molecule has 0 saturated carbocycles. The highest BCUT2D eigenvalue weighted by atomic mass is 16.5. The van der Waals surface area contributed by atoms with Crippen LogP contribution in [-0.4, -0.2) is 64.1 Å². The van der Waals surface area contributed by atoms with Crippen molar-refractivity contribution in [3.05, 3.63) is 94.0 Å². The fourth-order valence-electron chi connectivity index (χ4n) is 3.56. The molecule has 0 radical (unpaired) electrons. The van der Waals surface area contributed by atoms with E-state index in [4.69, 9.17) is 9.47 Å². The Labute approximate surface area is 228 Å². The van der Waals surface area contributed by atoms with Gasteiger partial charge in [-0.15, -0.1) is 0 Å². The predicted octanol–water partition coefficient (Wildman–Crippen LogP) is 3.34. The first kappa shape index (κ1) is 29.0. The van der Waals surface area contributed by atoms with Crippen molar-refractivity contribution >= 4 is 47.1 Å². The SMILES string of the molecule is COC(=O)c1ccc(NC(=O)c2ccc(C(=O)Nc3ccc(C(=O)OC)c(C(=O)OC)c3)cc2)cc1C(=O)OC. The van der Waals surface area contributed by atoms with Crippen LogP contribution in [0.25, 0.3) is 0 Å². The van der Waals surface area contributed by atoms with Crippen molar-refractivity contribution in [2.75, 3.05) is 39.1 Å². The lowest BCUT2D eigenvalue weighted by Gasteiger charge is -2.11. The minimum atomic E-state index is -0.787. The number of ether oxygens (including phenoxy) is 4. The molecule has 0 spiro atoms. The monoisotopic (exact) mass is 548 g/mol. The molecule has 2 N–H and O–H groups in total. The second kappa shape index (κ2) is 12.8. The van der Waals surface area contributed by atoms with Crippen molar-refractivity contribution in [1.82, 2.24) is 0 Å². The first-order valence-electron chi connectivity index (χ1n) is 11.5. The Morgan fingerprint density at radius 1 is 0.450 bits per heavy atom. The van der Waals surface area contributed by atoms with E-state index in [1.54, 1.807) is 0 Å². The molecule has 0 saturated heterocycles. The zero-order chi connectivity index (χ0) is 29.4. The molecule has 12 nitrogen and oxygen atoms in total. The number of amides is 2. The molecule has 0 atom stereocenters. The highest BCUT2D eigenvalue weighted by Gasteiger charge is 2.21. The summed E-state index contributed by atoms with van der Waals surface area (Å²) in [6.07, 6.45) is 0. The van der Waals surface area contributed by atoms with Crippen LogP contribution in [0.5, 0.6) is 0 Å². The molecule has 0 aliphatic carbocycles. The van der Waals surface area contributed by atoms with Gasteiger partial charge in [-0.3, -0.25) is 9.59 Å². The fraction of sp³-hybridized carbons (Fsp3) is 0.143. The van der Waals surface area contributed by atoms with Gasteiger partial charge >= 0.3 is 23.9 Å². The quantitative estimate of drug-likeness (QED) is 0.315. The van der Waals surface area contributed by atoms with Gasteiger partial charge in [-0.1, -0.05) is 0 Å². The molecule has 0 aliphatic heterocycles. The summed E-state index contributed by atoms with van der Waals surface area (Å²) in [5, 5.41) is 5.22. The fourth-order valence-corrected chi connectivity index (χ4v) is 3.56. The van der Waals surface area contributed by atoms with Gasteiger partial charge in [-0.05, 0) is 60.7 Å². The summed E-state index contributed by atoms with van der Waals surface area (Å²) in [5.41, 5.74) is 0.603. The van der Waals surface area contributed by atoms with Gasteiger partial charge in [0.2, 0.25) is 0 Å². The molecule has 0 aliphatic rings. The van der Waals surface area contributed by atoms with Gasteiger partial charge in [-0.25, -0.2) is 19.2 Å². The number of rotatable bonds is 8. The molecule has 3 aromatic rings. The summed E-state index contributed by atoms with van der Waals surface area (Å²) in [7, 11) is 4.65. The maximum atomic E-state index is 12.8. The van der Waals surface area contributed by atoms with E-state index in [9.17, 15) is 28.8 Å². The maximum Gasteiger partial charge on any atom is 0.338 e. The molecule has 0 aromatic heterocycles. The summed E-state index contributed by atoms with van der Waals surface area (Å²) < 4.78 is 18.7. The summed E-state index contributed by atoms with van der Waals surface area (Å²) in [4.78, 5) is 73.6. The van der Waals surface area contributed by atoms with E-state index in [-0.39, 0.29) is 44.8 Å². The highest BCUT2D eigenvalue weighted by Crippen LogP contribution is 2.21. The molecule has 3 rings (SSSR count). The Morgan fingerprint density at radius 3 is 1.05 bits per heavy atom. The third-order valence-corrected chi connectivity index (χ3v) is 5.59. The maximum absolute atomic E-state index is 12.8. The van der Waals surface area contributed by atoms with Crippen molar-refractivity contribution < 1.29 is 47.7 Å². The Bertz CT molecular complexity index is 1380. The van der Waals surface area contributed by atoms with E-state index >= 15 is 0 Å². The summed E-state index contributed by atoms with van der Waals surface area (Å²) in [5.74, 6) is -4.15. The first-order chi connectivity index (χ1) is 19.1. The number of methoxy groups -OCH3 is 4. The normalized spacial score (nSPS) is 10.1. The smallest absolute Gasteiger partial charge is 0.338 e. The van der Waals surface area contributed by atoms with Crippen molar-refractivity contribution in [1.29, 1.82) is 0 Å². The van der Waals surface area contributed by atoms with Gasteiger partial charge < -0.3 is 29.6 Å². The molecule has 2 amide bonds. The number of hydrogen-bond acceptors (Lipinski definition) is 10. The molecule has 40 heavy (non-hydrogen) atoms. The zero-order valence-corrected chi connectivity index (χ0v) is 21.9. The molecule has 0 bridgehead atoms. The second-order valence-corrected chi connectivity index (χ2v) is 7.97. The van der Waals surface area contributed by atoms with Crippen LogP contribution in [0, 0.1) is 0 Å². The summed E-state index contributed by atoms with van der Waals surface area (Å²) in [6, 6.07) is 13.7. The third kappa shape index (κ3) is 6.48. The van der Waals surface area contributed by atoms with E-state index in [1.165, 1.54) is 74.9 Å². The summed E-state index contributed by atoms with van der Waals surface area (Å²) >= 11 is 0. The average Bonchev–Trinajstić information content (AvgIpc) is 2.99. The Morgan fingerprint density at radius 2 is 0.750 bits per heavy atom. The third-order valence-electron chi connectivity index (χ3n) is 5.59. The van der Waals surface area contributed by atoms with Crippen LogP contribution in [-0.2, 0) is 18.9 Å². The van der Waals surface area contributed by atoms with Gasteiger partial charge in [0.1, 0.15) is 0 Å². The molecular formula is C28H24N2O10. The van der Waals surface area contributed by atoms with Gasteiger partial charge in [0.05, 0.1) is 50.7 Å². The van der Waals surface area contributed by atoms with Crippen molar-refractivity contribution in [3.63, 3.8) is 0 Å². The molecule has 0 unspecified atom stereocenters. The van der Waals surface area contributed by atoms with Crippen LogP contribution < -0.4 is 10.6 Å². The van der Waals surface area contributed by atoms with Crippen LogP contribution in [0.3, 0.4) is 0 Å². The van der Waals surface area contributed by atoms with Crippen molar-refractivity contribution in [3.8, 4) is 0 Å². The molecular weight excluding hydrogens is 524 g/mol. The average molecular weight is 549 g/mol. The Balaban J connectivity index is 1.75. The van der Waals surface area contributed by atoms with E-state index in [1.807, 2.05) is 0 Å². The Kier molecular flexibility index (Phi) is 9.31. The minimum Gasteiger partial charge on any atom is -0.465 e. The van der Waals surface area contributed by atoms with Gasteiger partial charge in [0.25, 0.3) is 11.8 Å². The Hall–Kier alpha value is -5.52. The van der Waals surface area contributed by atoms with E-state index in [0.717, 1.165) is 14.2 Å². The first-order valence-corrected chi connectivity index (χ1v) is 11.5. The van der Waals surface area contributed by atoms with Crippen molar-refractivity contribution in [2.45, 2.75) is 0 Å². The molecule has 12 heteroatoms. The molecule has 3 aromatic carbocycles. The summed E-state index contributed by atoms with van der Waals surface area (Å²) in [6.45, 7) is 0. The number of carbonyl (C=O) groups excluding carboxylic acids is 6. The van der Waals surface area contributed by atoms with Gasteiger partial charge in [0, 0.05) is 22.5 Å². The molecule has 0 fully saturated rings. The standard InChI is InChI=1S/C28H24N2O10/c1-37-25(33)19-11-9-17(13-21(19)27(35)39-3)29-23(31)15-5-7-16(8-6-15)24(32)30-18-10-12-20(26(34)38-2)22(14-18)28(36)40-4/h5-14H,1-4H3,(H,29,31)(H,30,32). The van der Waals surface area contributed by atoms with Crippen LogP contribution in [0.1, 0.15) is 62.1 Å². The van der Waals surface area contributed by atoms with Gasteiger partial charge in [-0.2, -0.15) is 0 Å². The van der Waals surface area contributed by atoms with E-state index in [2.05, 4.69) is 20.1 Å². The lowest BCUT2D eigenvalue weighted by molar-refractivity contribution is 0.0555. The van der Waals surface area contributed by atoms with Crippen LogP contribution in [0.2, 0.25) is 0 Å². The topological polar surface area (TPSA) is 163 Å². The van der Waals surface area contributed by atoms with Crippen LogP contribution in [0.15, 0.2) is 60.7 Å². The predicted molar refractivity (Wildman–Crippen MR) is 141 cm³/mol. The van der Waals surface area contributed by atoms with Crippen molar-refractivity contribution in [2.24, 2.45) is 0 Å². The highest BCUT2D eigenvalue weighted by molar-refractivity contribution is 6.09.